The van der Waals surface area contributed by atoms with E-state index in [1.54, 1.807) is 6.92 Å². The number of hydrogen-bond donors (Lipinski definition) is 17. The first kappa shape index (κ1) is 60.8. The molecule has 78 heavy (non-hydrogen) atoms. The number of carbonyl (C=O) groups is 1. The van der Waals surface area contributed by atoms with Crippen LogP contribution in [0, 0.1) is 34.0 Å². The Balaban J connectivity index is 0.969. The van der Waals surface area contributed by atoms with Crippen LogP contribution >= 0.6 is 0 Å². The highest BCUT2D eigenvalue weighted by Gasteiger charge is 2.68. The van der Waals surface area contributed by atoms with Gasteiger partial charge >= 0.3 is 5.97 Å². The third kappa shape index (κ3) is 10.6. The van der Waals surface area contributed by atoms with Gasteiger partial charge in [-0.3, -0.25) is 4.79 Å². The SMILES string of the molecule is C=C1C[C@@]23CCC4[C@](C)(C(=O)OC5OC(CO)C(O)C(O)C5OC5OC(CO)C(O)C(O)C5O)CCC[C@@]4(C)[C@@H]2CC(OC2OC(COC4OC(CO)C(O)C(O)C4O)C(O)C(O)C2OC2OC(CO)C(O)C(O)C2O)C1C3. The molecule has 28 unspecified atom stereocenters. The number of aliphatic hydroxyl groups is 17. The molecule has 9 fully saturated rings. The highest BCUT2D eigenvalue weighted by molar-refractivity contribution is 5.77. The summed E-state index contributed by atoms with van der Waals surface area (Å²) in [5.74, 6) is -1.67. The van der Waals surface area contributed by atoms with Gasteiger partial charge in [0.2, 0.25) is 6.29 Å². The summed E-state index contributed by atoms with van der Waals surface area (Å²) in [6, 6.07) is 0. The second-order valence-electron chi connectivity index (χ2n) is 23.6. The van der Waals surface area contributed by atoms with E-state index in [9.17, 15) is 91.6 Å². The molecule has 0 aromatic carbocycles. The number of fused-ring (bicyclic) bond motifs is 3. The van der Waals surface area contributed by atoms with Crippen LogP contribution < -0.4 is 0 Å². The fourth-order valence-corrected chi connectivity index (χ4v) is 14.8. The lowest BCUT2D eigenvalue weighted by Gasteiger charge is -2.64. The zero-order chi connectivity index (χ0) is 56.7. The van der Waals surface area contributed by atoms with Gasteiger partial charge in [-0.1, -0.05) is 25.5 Å². The van der Waals surface area contributed by atoms with Gasteiger partial charge in [-0.2, -0.15) is 0 Å². The van der Waals surface area contributed by atoms with Crippen molar-refractivity contribution in [2.24, 2.45) is 34.0 Å². The van der Waals surface area contributed by atoms with Crippen LogP contribution in [0.15, 0.2) is 12.2 Å². The van der Waals surface area contributed by atoms with E-state index in [-0.39, 0.29) is 23.2 Å². The number of hydrogen-bond acceptors (Lipinski definition) is 28. The Hall–Kier alpha value is -1.83. The average molecular weight is 1130 g/mol. The first-order valence-corrected chi connectivity index (χ1v) is 26.9. The van der Waals surface area contributed by atoms with E-state index in [1.807, 2.05) is 0 Å². The molecule has 9 rings (SSSR count). The lowest BCUT2D eigenvalue weighted by molar-refractivity contribution is -0.379. The molecule has 0 amide bonds. The summed E-state index contributed by atoms with van der Waals surface area (Å²) < 4.78 is 59.5. The van der Waals surface area contributed by atoms with Crippen molar-refractivity contribution < 1.29 is 139 Å². The van der Waals surface area contributed by atoms with E-state index in [1.165, 1.54) is 0 Å². The van der Waals surface area contributed by atoms with E-state index in [0.29, 0.717) is 51.4 Å². The first-order valence-electron chi connectivity index (χ1n) is 26.9. The molecule has 17 N–H and O–H groups in total. The van der Waals surface area contributed by atoms with Crippen LogP contribution in [0.5, 0.6) is 0 Å². The van der Waals surface area contributed by atoms with Crippen molar-refractivity contribution in [3.63, 3.8) is 0 Å². The smallest absolute Gasteiger partial charge is 0.314 e. The summed E-state index contributed by atoms with van der Waals surface area (Å²) in [5, 5.41) is 180. The van der Waals surface area contributed by atoms with Crippen molar-refractivity contribution in [1.82, 2.24) is 0 Å². The van der Waals surface area contributed by atoms with Crippen molar-refractivity contribution >= 4 is 5.97 Å². The monoisotopic (exact) mass is 1130 g/mol. The Morgan fingerprint density at radius 3 is 1.50 bits per heavy atom. The molecule has 5 saturated heterocycles. The Morgan fingerprint density at radius 2 is 0.974 bits per heavy atom. The second-order valence-corrected chi connectivity index (χ2v) is 23.6. The second kappa shape index (κ2) is 23.7. The molecule has 32 atom stereocenters. The van der Waals surface area contributed by atoms with Crippen LogP contribution in [0.1, 0.15) is 65.2 Å². The molecule has 4 saturated carbocycles. The molecule has 4 aliphatic carbocycles. The Morgan fingerprint density at radius 1 is 0.526 bits per heavy atom. The van der Waals surface area contributed by atoms with Crippen LogP contribution in [-0.2, 0) is 52.2 Å². The average Bonchev–Trinajstić information content (AvgIpc) is 3.78. The largest absolute Gasteiger partial charge is 0.432 e. The summed E-state index contributed by atoms with van der Waals surface area (Å²) in [4.78, 5) is 15.0. The number of ether oxygens (including phenoxy) is 10. The molecule has 1 spiro atoms. The van der Waals surface area contributed by atoms with Crippen LogP contribution in [0.25, 0.3) is 0 Å². The maximum absolute atomic E-state index is 15.0. The topological polar surface area (TPSA) is 453 Å². The standard InChI is InChI=1S/C50H80O28/c1-17-10-50-8-5-25-48(2,6-4-7-49(25,3)47(68)78-46-41(35(63)30(58)23(15-54)74-46)77-44-39(67)34(62)29(57)22(14-53)73-44)26(50)9-19(18(17)11-50)70-45-40(76-43-38(66)33(61)28(56)21(13-52)72-43)36(64)31(59)24(75-45)16-69-42-37(65)32(60)27(55)20(12-51)71-42/h18-46,51-67H,1,4-16H2,2-3H3/t18?,19?,20?,21?,22?,23?,24?,25?,26-,27?,28?,29?,30?,31?,32?,33?,34?,35?,36?,37?,38?,39?,40?,41?,42?,43?,44?,45?,46?,48+,49+,50+/m0/s1. The lowest BCUT2D eigenvalue weighted by Crippen LogP contribution is -2.66. The minimum absolute atomic E-state index is 0.199. The van der Waals surface area contributed by atoms with Gasteiger partial charge in [-0.25, -0.2) is 0 Å². The van der Waals surface area contributed by atoms with Gasteiger partial charge in [0, 0.05) is 5.92 Å². The predicted molar refractivity (Wildman–Crippen MR) is 252 cm³/mol. The predicted octanol–water partition coefficient (Wildman–Crippen LogP) is -7.43. The third-order valence-electron chi connectivity index (χ3n) is 19.1. The lowest BCUT2D eigenvalue weighted by atomic mass is 9.41. The minimum atomic E-state index is -1.95. The van der Waals surface area contributed by atoms with E-state index in [4.69, 9.17) is 47.4 Å². The minimum Gasteiger partial charge on any atom is -0.432 e. The van der Waals surface area contributed by atoms with E-state index >= 15 is 0 Å². The molecule has 28 heteroatoms. The van der Waals surface area contributed by atoms with Crippen molar-refractivity contribution in [2.75, 3.05) is 33.0 Å². The maximum atomic E-state index is 15.0. The Labute approximate surface area is 448 Å². The normalized spacial score (nSPS) is 54.5. The Kier molecular flexibility index (Phi) is 18.4. The molecule has 5 heterocycles. The molecule has 5 aliphatic heterocycles. The van der Waals surface area contributed by atoms with Gasteiger partial charge < -0.3 is 134 Å². The molecule has 28 nitrogen and oxygen atoms in total. The summed E-state index contributed by atoms with van der Waals surface area (Å²) in [7, 11) is 0. The van der Waals surface area contributed by atoms with Crippen LogP contribution in [0.4, 0.5) is 0 Å². The maximum Gasteiger partial charge on any atom is 0.314 e. The zero-order valence-electron chi connectivity index (χ0n) is 43.2. The van der Waals surface area contributed by atoms with Gasteiger partial charge in [-0.15, -0.1) is 0 Å². The molecule has 0 aromatic rings. The van der Waals surface area contributed by atoms with Gasteiger partial charge in [0.15, 0.2) is 31.3 Å². The number of aliphatic hydroxyl groups excluding tert-OH is 17. The fourth-order valence-electron chi connectivity index (χ4n) is 14.8. The molecule has 0 radical (unpaired) electrons. The molecular formula is C50H80O28. The van der Waals surface area contributed by atoms with Gasteiger partial charge in [0.1, 0.15) is 116 Å². The van der Waals surface area contributed by atoms with Crippen molar-refractivity contribution in [2.45, 2.75) is 225 Å². The van der Waals surface area contributed by atoms with E-state index in [0.717, 1.165) is 5.57 Å². The number of carbonyl (C=O) groups excluding carboxylic acids is 1. The summed E-state index contributed by atoms with van der Waals surface area (Å²) >= 11 is 0. The summed E-state index contributed by atoms with van der Waals surface area (Å²) in [6.45, 7) is 4.50. The fraction of sp³-hybridized carbons (Fsp3) is 0.940. The quantitative estimate of drug-likeness (QED) is 0.0411. The molecule has 2 bridgehead atoms. The van der Waals surface area contributed by atoms with Crippen molar-refractivity contribution in [3.8, 4) is 0 Å². The molecule has 448 valence electrons. The summed E-state index contributed by atoms with van der Waals surface area (Å²) in [6.07, 6.45) is -40.2. The highest BCUT2D eigenvalue weighted by Crippen LogP contribution is 2.72. The molecule has 0 aromatic heterocycles. The highest BCUT2D eigenvalue weighted by atomic mass is 16.8. The van der Waals surface area contributed by atoms with Gasteiger partial charge in [-0.05, 0) is 74.5 Å². The number of rotatable bonds is 15. The number of esters is 1. The van der Waals surface area contributed by atoms with Crippen LogP contribution in [0.2, 0.25) is 0 Å². The van der Waals surface area contributed by atoms with Gasteiger partial charge in [0.25, 0.3) is 0 Å². The van der Waals surface area contributed by atoms with E-state index in [2.05, 4.69) is 13.5 Å². The van der Waals surface area contributed by atoms with Crippen molar-refractivity contribution in [1.29, 1.82) is 0 Å². The van der Waals surface area contributed by atoms with Crippen LogP contribution in [-0.4, -0.2) is 285 Å². The van der Waals surface area contributed by atoms with Gasteiger partial charge in [0.05, 0.1) is 44.6 Å². The zero-order valence-corrected chi connectivity index (χ0v) is 43.2. The van der Waals surface area contributed by atoms with Crippen molar-refractivity contribution in [3.05, 3.63) is 12.2 Å². The molecule has 9 aliphatic rings. The first-order chi connectivity index (χ1) is 36.9. The Bertz CT molecular complexity index is 2050. The summed E-state index contributed by atoms with van der Waals surface area (Å²) in [5.41, 5.74) is -1.36. The van der Waals surface area contributed by atoms with Crippen LogP contribution in [0.3, 0.4) is 0 Å². The molecular weight excluding hydrogens is 1050 g/mol. The van der Waals surface area contributed by atoms with E-state index < -0.39 is 209 Å². The third-order valence-corrected chi connectivity index (χ3v) is 19.1.